The first-order valence-electron chi connectivity index (χ1n) is 19.5. The molecule has 1 N–H and O–H groups in total. The molecule has 60 heavy (non-hydrogen) atoms. The quantitative estimate of drug-likeness (QED) is 0.0970. The van der Waals surface area contributed by atoms with Crippen LogP contribution in [0.2, 0.25) is 0 Å². The average molecular weight is 844 g/mol. The third-order valence-electron chi connectivity index (χ3n) is 8.34. The van der Waals surface area contributed by atoms with Crippen LogP contribution in [-0.2, 0) is 54.3 Å². The first-order chi connectivity index (χ1) is 27.9. The van der Waals surface area contributed by atoms with Gasteiger partial charge in [0.25, 0.3) is 5.91 Å². The van der Waals surface area contributed by atoms with E-state index in [0.717, 1.165) is 15.3 Å². The second-order valence-corrected chi connectivity index (χ2v) is 18.2. The SMILES string of the molecule is CCOC(=O)Cc1cc2c(s1)CCN(C(=O)[C@H](Cc1ccc(C#N)cc1)NC(=O)c1ccc(C(=NC(=O)OC(C)(C)C)N(C(=O)OC(C)(C)C)C(=O)OC(C)(C)C)cc1)C2. The summed E-state index contributed by atoms with van der Waals surface area (Å²) >= 11 is 1.52. The Balaban J connectivity index is 1.67. The van der Waals surface area contributed by atoms with Crippen molar-refractivity contribution in [2.24, 2.45) is 4.99 Å². The molecule has 5 amide bonds. The lowest BCUT2D eigenvalue weighted by atomic mass is 10.0. The smallest absolute Gasteiger partial charge is 0.436 e. The maximum absolute atomic E-state index is 14.3. The van der Waals surface area contributed by atoms with E-state index in [2.05, 4.69) is 16.4 Å². The van der Waals surface area contributed by atoms with Gasteiger partial charge in [-0.1, -0.05) is 24.3 Å². The number of ether oxygens (including phenoxy) is 4. The van der Waals surface area contributed by atoms with Gasteiger partial charge in [-0.25, -0.2) is 14.4 Å². The van der Waals surface area contributed by atoms with Gasteiger partial charge in [0.1, 0.15) is 22.8 Å². The Kier molecular flexibility index (Phi) is 15.0. The molecule has 1 aromatic heterocycles. The van der Waals surface area contributed by atoms with Gasteiger partial charge in [-0.05, 0) is 117 Å². The highest BCUT2D eigenvalue weighted by Crippen LogP contribution is 2.29. The van der Waals surface area contributed by atoms with E-state index >= 15 is 0 Å². The van der Waals surface area contributed by atoms with E-state index in [4.69, 9.17) is 18.9 Å². The highest BCUT2D eigenvalue weighted by Gasteiger charge is 2.37. The highest BCUT2D eigenvalue weighted by atomic mass is 32.1. The fraction of sp³-hybridized carbons (Fsp3) is 0.455. The van der Waals surface area contributed by atoms with Gasteiger partial charge in [-0.15, -0.1) is 11.3 Å². The van der Waals surface area contributed by atoms with Gasteiger partial charge in [-0.2, -0.15) is 15.2 Å². The summed E-state index contributed by atoms with van der Waals surface area (Å²) in [4.78, 5) is 88.8. The first kappa shape index (κ1) is 46.6. The van der Waals surface area contributed by atoms with E-state index in [9.17, 15) is 34.0 Å². The Hall–Kier alpha value is -6.08. The molecule has 0 saturated heterocycles. The second kappa shape index (κ2) is 19.3. The van der Waals surface area contributed by atoms with Crippen LogP contribution < -0.4 is 5.32 Å². The Bertz CT molecular complexity index is 2120. The lowest BCUT2D eigenvalue weighted by molar-refractivity contribution is -0.142. The molecule has 16 heteroatoms. The average Bonchev–Trinajstić information content (AvgIpc) is 3.53. The molecular formula is C44H53N5O10S. The standard InChI is InChI=1S/C44H53N5O10S/c1-11-56-35(50)24-32-23-31-26-48(21-20-34(31)60-32)38(52)33(22-27-12-14-28(25-45)15-13-27)46-37(51)30-18-16-29(17-19-30)36(47-39(53)57-42(2,3)4)49(40(54)58-43(5,6)7)41(55)59-44(8,9)10/h12-19,23,33H,11,20-22,24,26H2,1-10H3,(H,46,51)/t33-/m0/s1. The highest BCUT2D eigenvalue weighted by molar-refractivity contribution is 7.12. The van der Waals surface area contributed by atoms with E-state index in [1.165, 1.54) is 35.6 Å². The van der Waals surface area contributed by atoms with Crippen LogP contribution in [0.25, 0.3) is 0 Å². The van der Waals surface area contributed by atoms with Crippen LogP contribution in [0.5, 0.6) is 0 Å². The molecule has 2 heterocycles. The van der Waals surface area contributed by atoms with Crippen molar-refractivity contribution in [2.45, 2.75) is 118 Å². The number of amides is 5. The fourth-order valence-electron chi connectivity index (χ4n) is 5.89. The number of nitrogens with zero attached hydrogens (tertiary/aromatic N) is 4. The molecule has 0 spiro atoms. The molecular weight excluding hydrogens is 791 g/mol. The lowest BCUT2D eigenvalue weighted by Crippen LogP contribution is -2.50. The number of nitrogens with one attached hydrogen (secondary N) is 1. The fourth-order valence-corrected chi connectivity index (χ4v) is 7.04. The molecule has 0 fully saturated rings. The monoisotopic (exact) mass is 843 g/mol. The van der Waals surface area contributed by atoms with Crippen molar-refractivity contribution in [1.82, 2.24) is 15.1 Å². The van der Waals surface area contributed by atoms with Gasteiger partial charge in [0.2, 0.25) is 5.91 Å². The largest absolute Gasteiger partial charge is 0.466 e. The predicted molar refractivity (Wildman–Crippen MR) is 223 cm³/mol. The van der Waals surface area contributed by atoms with Crippen molar-refractivity contribution >= 4 is 53.2 Å². The number of aliphatic imine (C=N–C) groups is 1. The topological polar surface area (TPSA) is 194 Å². The molecule has 2 aromatic carbocycles. The van der Waals surface area contributed by atoms with Crippen LogP contribution in [-0.4, -0.2) is 87.7 Å². The van der Waals surface area contributed by atoms with Crippen molar-refractivity contribution in [3.8, 4) is 6.07 Å². The molecule has 0 unspecified atom stereocenters. The van der Waals surface area contributed by atoms with Gasteiger partial charge in [0.15, 0.2) is 5.84 Å². The van der Waals surface area contributed by atoms with Gasteiger partial charge < -0.3 is 29.2 Å². The molecule has 15 nitrogen and oxygen atoms in total. The molecule has 1 aliphatic rings. The van der Waals surface area contributed by atoms with E-state index in [1.54, 1.807) is 98.4 Å². The molecule has 320 valence electrons. The molecule has 4 rings (SSSR count). The Morgan fingerprint density at radius 3 is 1.95 bits per heavy atom. The first-order valence-corrected chi connectivity index (χ1v) is 20.3. The molecule has 1 aliphatic heterocycles. The minimum absolute atomic E-state index is 0.0570. The zero-order valence-corrected chi connectivity index (χ0v) is 36.6. The summed E-state index contributed by atoms with van der Waals surface area (Å²) in [5.41, 5.74) is -0.858. The summed E-state index contributed by atoms with van der Waals surface area (Å²) in [5, 5.41) is 12.2. The van der Waals surface area contributed by atoms with Gasteiger partial charge in [-0.3, -0.25) is 14.4 Å². The van der Waals surface area contributed by atoms with Crippen LogP contribution in [0.4, 0.5) is 14.4 Å². The van der Waals surface area contributed by atoms with Gasteiger partial charge in [0.05, 0.1) is 24.7 Å². The van der Waals surface area contributed by atoms with E-state index in [-0.39, 0.29) is 49.0 Å². The number of nitriles is 1. The maximum Gasteiger partial charge on any atom is 0.436 e. The zero-order valence-electron chi connectivity index (χ0n) is 35.8. The summed E-state index contributed by atoms with van der Waals surface area (Å²) in [5.74, 6) is -1.74. The predicted octanol–water partition coefficient (Wildman–Crippen LogP) is 7.51. The van der Waals surface area contributed by atoms with E-state index in [0.29, 0.717) is 29.0 Å². The number of esters is 1. The molecule has 0 radical (unpaired) electrons. The van der Waals surface area contributed by atoms with E-state index in [1.807, 2.05) is 6.07 Å². The maximum atomic E-state index is 14.3. The number of rotatable bonds is 9. The molecule has 3 aromatic rings. The van der Waals surface area contributed by atoms with Crippen LogP contribution in [0.15, 0.2) is 59.6 Å². The van der Waals surface area contributed by atoms with Crippen molar-refractivity contribution in [1.29, 1.82) is 5.26 Å². The third-order valence-corrected chi connectivity index (χ3v) is 9.58. The zero-order chi connectivity index (χ0) is 44.6. The molecule has 0 aliphatic carbocycles. The number of carbonyl (C=O) groups is 6. The lowest BCUT2D eigenvalue weighted by Gasteiger charge is -2.31. The number of hydrogen-bond acceptors (Lipinski definition) is 12. The number of thiophene rings is 1. The summed E-state index contributed by atoms with van der Waals surface area (Å²) in [7, 11) is 0. The van der Waals surface area contributed by atoms with E-state index < -0.39 is 52.9 Å². The second-order valence-electron chi connectivity index (χ2n) is 17.0. The number of hydrogen-bond donors (Lipinski definition) is 1. The van der Waals surface area contributed by atoms with Crippen molar-refractivity contribution in [3.63, 3.8) is 0 Å². The molecule has 1 atom stereocenters. The summed E-state index contributed by atoms with van der Waals surface area (Å²) in [6.07, 6.45) is -2.62. The minimum atomic E-state index is -1.17. The Morgan fingerprint density at radius 2 is 1.42 bits per heavy atom. The Morgan fingerprint density at radius 1 is 0.850 bits per heavy atom. The number of benzene rings is 2. The van der Waals surface area contributed by atoms with Crippen LogP contribution >= 0.6 is 11.3 Å². The van der Waals surface area contributed by atoms with Crippen molar-refractivity contribution in [3.05, 3.63) is 92.2 Å². The third kappa shape index (κ3) is 13.8. The number of carbonyl (C=O) groups excluding carboxylic acids is 6. The number of imide groups is 1. The minimum Gasteiger partial charge on any atom is -0.466 e. The van der Waals surface area contributed by atoms with Crippen molar-refractivity contribution < 1.29 is 47.7 Å². The number of fused-ring (bicyclic) bond motifs is 1. The van der Waals surface area contributed by atoms with Gasteiger partial charge >= 0.3 is 24.2 Å². The summed E-state index contributed by atoms with van der Waals surface area (Å²) in [6.45, 7) is 17.2. The molecule has 0 bridgehead atoms. The summed E-state index contributed by atoms with van der Waals surface area (Å²) < 4.78 is 21.5. The van der Waals surface area contributed by atoms with Crippen molar-refractivity contribution in [2.75, 3.05) is 13.2 Å². The van der Waals surface area contributed by atoms with Crippen LogP contribution in [0.1, 0.15) is 112 Å². The normalized spacial score (nSPS) is 13.6. The van der Waals surface area contributed by atoms with Gasteiger partial charge in [0, 0.05) is 40.4 Å². The van der Waals surface area contributed by atoms with Crippen LogP contribution in [0, 0.1) is 11.3 Å². The molecule has 0 saturated carbocycles. The number of amidine groups is 1. The van der Waals surface area contributed by atoms with Crippen LogP contribution in [0.3, 0.4) is 0 Å². The Labute approximate surface area is 354 Å². The summed E-state index contributed by atoms with van der Waals surface area (Å²) in [6, 6.07) is 15.2.